The predicted molar refractivity (Wildman–Crippen MR) is 68.2 cm³/mol. The summed E-state index contributed by atoms with van der Waals surface area (Å²) in [5.41, 5.74) is 1.87. The average Bonchev–Trinajstić information content (AvgIpc) is 2.97. The number of aromatic nitrogens is 4. The van der Waals surface area contributed by atoms with Crippen LogP contribution in [0.1, 0.15) is 24.6 Å². The van der Waals surface area contributed by atoms with Crippen molar-refractivity contribution in [1.29, 1.82) is 0 Å². The average molecular weight is 244 g/mol. The van der Waals surface area contributed by atoms with Gasteiger partial charge in [-0.1, -0.05) is 13.8 Å². The Kier molecular flexibility index (Phi) is 2.40. The summed E-state index contributed by atoms with van der Waals surface area (Å²) in [6.45, 7) is 4.35. The smallest absolute Gasteiger partial charge is 0.154 e. The van der Waals surface area contributed by atoms with E-state index in [1.54, 1.807) is 22.0 Å². The highest BCUT2D eigenvalue weighted by molar-refractivity contribution is 7.15. The fourth-order valence-corrected chi connectivity index (χ4v) is 2.50. The monoisotopic (exact) mass is 244 g/mol. The van der Waals surface area contributed by atoms with Crippen LogP contribution in [-0.4, -0.2) is 19.6 Å². The molecule has 0 radical (unpaired) electrons. The molecule has 0 spiro atoms. The molecule has 0 aliphatic heterocycles. The summed E-state index contributed by atoms with van der Waals surface area (Å²) in [6.07, 6.45) is 7.50. The summed E-state index contributed by atoms with van der Waals surface area (Å²) in [5, 5.41) is 5.18. The van der Waals surface area contributed by atoms with E-state index in [1.807, 2.05) is 24.7 Å². The molecule has 0 saturated carbocycles. The molecule has 0 aliphatic carbocycles. The van der Waals surface area contributed by atoms with Crippen LogP contribution in [0.15, 0.2) is 30.9 Å². The Labute approximate surface area is 103 Å². The predicted octanol–water partition coefficient (Wildman–Crippen LogP) is 2.98. The van der Waals surface area contributed by atoms with Crippen molar-refractivity contribution < 1.29 is 0 Å². The zero-order chi connectivity index (χ0) is 11.8. The van der Waals surface area contributed by atoms with Gasteiger partial charge in [0.2, 0.25) is 0 Å². The van der Waals surface area contributed by atoms with Crippen molar-refractivity contribution in [3.63, 3.8) is 0 Å². The van der Waals surface area contributed by atoms with Gasteiger partial charge in [0.05, 0.1) is 6.20 Å². The lowest BCUT2D eigenvalue weighted by Gasteiger charge is -1.98. The SMILES string of the molecule is CC(C)c1cnc(-c2cnc3ccnn3c2)s1. The fraction of sp³-hybridized carbons (Fsp3) is 0.250. The Hall–Kier alpha value is -1.75. The summed E-state index contributed by atoms with van der Waals surface area (Å²) >= 11 is 1.71. The maximum absolute atomic E-state index is 4.44. The third-order valence-corrected chi connectivity index (χ3v) is 3.93. The second kappa shape index (κ2) is 3.92. The highest BCUT2D eigenvalue weighted by atomic mass is 32.1. The van der Waals surface area contributed by atoms with E-state index >= 15 is 0 Å². The summed E-state index contributed by atoms with van der Waals surface area (Å²) in [7, 11) is 0. The van der Waals surface area contributed by atoms with Gasteiger partial charge in [-0.3, -0.25) is 0 Å². The van der Waals surface area contributed by atoms with Crippen LogP contribution >= 0.6 is 11.3 Å². The first kappa shape index (κ1) is 10.4. The van der Waals surface area contributed by atoms with Gasteiger partial charge in [-0.15, -0.1) is 11.3 Å². The molecule has 3 aromatic rings. The van der Waals surface area contributed by atoms with E-state index < -0.39 is 0 Å². The molecule has 3 heterocycles. The molecular weight excluding hydrogens is 232 g/mol. The quantitative estimate of drug-likeness (QED) is 0.696. The van der Waals surface area contributed by atoms with Crippen LogP contribution in [0.4, 0.5) is 0 Å². The Morgan fingerprint density at radius 3 is 2.88 bits per heavy atom. The Morgan fingerprint density at radius 2 is 2.12 bits per heavy atom. The van der Waals surface area contributed by atoms with E-state index in [4.69, 9.17) is 0 Å². The van der Waals surface area contributed by atoms with Crippen molar-refractivity contribution in [2.75, 3.05) is 0 Å². The van der Waals surface area contributed by atoms with Crippen LogP contribution in [0, 0.1) is 0 Å². The zero-order valence-corrected chi connectivity index (χ0v) is 10.5. The number of nitrogens with zero attached hydrogens (tertiary/aromatic N) is 4. The van der Waals surface area contributed by atoms with E-state index in [1.165, 1.54) is 4.88 Å². The van der Waals surface area contributed by atoms with Crippen LogP contribution in [0.25, 0.3) is 16.2 Å². The van der Waals surface area contributed by atoms with Gasteiger partial charge in [0.1, 0.15) is 5.01 Å². The Morgan fingerprint density at radius 1 is 1.24 bits per heavy atom. The van der Waals surface area contributed by atoms with E-state index in [0.29, 0.717) is 5.92 Å². The van der Waals surface area contributed by atoms with E-state index in [2.05, 4.69) is 28.9 Å². The molecule has 4 nitrogen and oxygen atoms in total. The largest absolute Gasteiger partial charge is 0.244 e. The van der Waals surface area contributed by atoms with Crippen molar-refractivity contribution in [2.45, 2.75) is 19.8 Å². The molecule has 0 N–H and O–H groups in total. The maximum Gasteiger partial charge on any atom is 0.154 e. The number of fused-ring (bicyclic) bond motifs is 1. The molecular formula is C12H12N4S. The van der Waals surface area contributed by atoms with Gasteiger partial charge < -0.3 is 0 Å². The molecule has 0 saturated heterocycles. The summed E-state index contributed by atoms with van der Waals surface area (Å²) in [6, 6.07) is 1.88. The van der Waals surface area contributed by atoms with Crippen molar-refractivity contribution in [1.82, 2.24) is 19.6 Å². The lowest BCUT2D eigenvalue weighted by atomic mass is 10.2. The fourth-order valence-electron chi connectivity index (χ4n) is 1.61. The van der Waals surface area contributed by atoms with Crippen LogP contribution in [-0.2, 0) is 0 Å². The first-order chi connectivity index (χ1) is 8.24. The number of rotatable bonds is 2. The van der Waals surface area contributed by atoms with Crippen molar-refractivity contribution in [3.05, 3.63) is 35.7 Å². The molecule has 0 fully saturated rings. The normalized spacial score (nSPS) is 11.5. The first-order valence-corrected chi connectivity index (χ1v) is 6.31. The van der Waals surface area contributed by atoms with Gasteiger partial charge in [0.25, 0.3) is 0 Å². The van der Waals surface area contributed by atoms with Crippen LogP contribution in [0.3, 0.4) is 0 Å². The molecule has 0 atom stereocenters. The topological polar surface area (TPSA) is 43.1 Å². The third kappa shape index (κ3) is 1.82. The molecule has 86 valence electrons. The lowest BCUT2D eigenvalue weighted by Crippen LogP contribution is -1.90. The third-order valence-electron chi connectivity index (χ3n) is 2.59. The minimum Gasteiger partial charge on any atom is -0.244 e. The molecule has 3 aromatic heterocycles. The van der Waals surface area contributed by atoms with Crippen LogP contribution < -0.4 is 0 Å². The standard InChI is InChI=1S/C12H12N4S/c1-8(2)10-6-14-12(17-10)9-5-13-11-3-4-15-16(11)7-9/h3-8H,1-2H3. The van der Waals surface area contributed by atoms with Crippen LogP contribution in [0.2, 0.25) is 0 Å². The summed E-state index contributed by atoms with van der Waals surface area (Å²) < 4.78 is 1.77. The molecule has 5 heteroatoms. The van der Waals surface area contributed by atoms with Gasteiger partial charge in [0, 0.05) is 35.1 Å². The Bertz CT molecular complexity index is 653. The molecule has 3 rings (SSSR count). The second-order valence-corrected chi connectivity index (χ2v) is 5.26. The van der Waals surface area contributed by atoms with E-state index in [9.17, 15) is 0 Å². The molecule has 0 amide bonds. The lowest BCUT2D eigenvalue weighted by molar-refractivity contribution is 0.885. The van der Waals surface area contributed by atoms with Gasteiger partial charge in [-0.2, -0.15) is 5.10 Å². The number of hydrogen-bond acceptors (Lipinski definition) is 4. The van der Waals surface area contributed by atoms with E-state index in [-0.39, 0.29) is 0 Å². The van der Waals surface area contributed by atoms with Crippen molar-refractivity contribution >= 4 is 17.0 Å². The minimum absolute atomic E-state index is 0.516. The number of thiazole rings is 1. The highest BCUT2D eigenvalue weighted by Gasteiger charge is 2.08. The Balaban J connectivity index is 2.06. The van der Waals surface area contributed by atoms with Gasteiger partial charge in [-0.05, 0) is 5.92 Å². The highest BCUT2D eigenvalue weighted by Crippen LogP contribution is 2.28. The molecule has 17 heavy (non-hydrogen) atoms. The summed E-state index contributed by atoms with van der Waals surface area (Å²) in [4.78, 5) is 10.1. The van der Waals surface area contributed by atoms with Crippen molar-refractivity contribution in [2.24, 2.45) is 0 Å². The molecule has 0 aliphatic rings. The number of hydrogen-bond donors (Lipinski definition) is 0. The zero-order valence-electron chi connectivity index (χ0n) is 9.66. The minimum atomic E-state index is 0.516. The maximum atomic E-state index is 4.44. The second-order valence-electron chi connectivity index (χ2n) is 4.20. The van der Waals surface area contributed by atoms with Crippen LogP contribution in [0.5, 0.6) is 0 Å². The van der Waals surface area contributed by atoms with E-state index in [0.717, 1.165) is 16.2 Å². The first-order valence-electron chi connectivity index (χ1n) is 5.49. The van der Waals surface area contributed by atoms with Gasteiger partial charge >= 0.3 is 0 Å². The molecule has 0 aromatic carbocycles. The van der Waals surface area contributed by atoms with Gasteiger partial charge in [0.15, 0.2) is 5.65 Å². The summed E-state index contributed by atoms with van der Waals surface area (Å²) in [5.74, 6) is 0.516. The van der Waals surface area contributed by atoms with Gasteiger partial charge in [-0.25, -0.2) is 14.5 Å². The molecule has 0 bridgehead atoms. The van der Waals surface area contributed by atoms with Crippen molar-refractivity contribution in [3.8, 4) is 10.6 Å². The molecule has 0 unspecified atom stereocenters.